The Hall–Kier alpha value is -1.83. The Kier molecular flexibility index (Phi) is 3.98. The molecule has 0 spiro atoms. The van der Waals surface area contributed by atoms with E-state index < -0.39 is 0 Å². The first-order valence-electron chi connectivity index (χ1n) is 6.39. The molecule has 0 aliphatic rings. The monoisotopic (exact) mass is 242 g/mol. The third-order valence-corrected chi connectivity index (χ3v) is 3.00. The van der Waals surface area contributed by atoms with Crippen LogP contribution in [0.15, 0.2) is 36.4 Å². The van der Waals surface area contributed by atoms with E-state index in [0.29, 0.717) is 17.9 Å². The number of carbonyl (C=O) groups is 1. The van der Waals surface area contributed by atoms with E-state index in [0.717, 1.165) is 23.6 Å². The van der Waals surface area contributed by atoms with Gasteiger partial charge in [-0.05, 0) is 30.2 Å². The fraction of sp³-hybridized carbons (Fsp3) is 0.312. The summed E-state index contributed by atoms with van der Waals surface area (Å²) in [6, 6.07) is 11.8. The standard InChI is InChI=1S/C16H18O2/c1-3-4-11-18-15-10-9-13-7-5-6-8-14(13)16(15)12(2)17/h5-10H,3-4,11H2,1-2H3. The van der Waals surface area contributed by atoms with Crippen LogP contribution < -0.4 is 4.74 Å². The highest BCUT2D eigenvalue weighted by Crippen LogP contribution is 2.28. The van der Waals surface area contributed by atoms with Gasteiger partial charge in [0.15, 0.2) is 5.78 Å². The molecule has 0 heterocycles. The molecule has 2 nitrogen and oxygen atoms in total. The van der Waals surface area contributed by atoms with Gasteiger partial charge < -0.3 is 4.74 Å². The third kappa shape index (κ3) is 2.53. The molecular formula is C16H18O2. The molecule has 2 aromatic rings. The number of rotatable bonds is 5. The molecular weight excluding hydrogens is 224 g/mol. The smallest absolute Gasteiger partial charge is 0.164 e. The SMILES string of the molecule is CCCCOc1ccc2ccccc2c1C(C)=O. The lowest BCUT2D eigenvalue weighted by molar-refractivity contribution is 0.101. The van der Waals surface area contributed by atoms with Gasteiger partial charge in [-0.25, -0.2) is 0 Å². The molecule has 2 rings (SSSR count). The summed E-state index contributed by atoms with van der Waals surface area (Å²) in [5, 5.41) is 2.05. The molecule has 0 N–H and O–H groups in total. The van der Waals surface area contributed by atoms with Crippen LogP contribution in [-0.2, 0) is 0 Å². The molecule has 0 aliphatic heterocycles. The van der Waals surface area contributed by atoms with Crippen molar-refractivity contribution in [3.05, 3.63) is 42.0 Å². The Morgan fingerprint density at radius 1 is 1.17 bits per heavy atom. The molecule has 0 radical (unpaired) electrons. The second kappa shape index (κ2) is 5.67. The quantitative estimate of drug-likeness (QED) is 0.579. The maximum absolute atomic E-state index is 11.8. The molecule has 94 valence electrons. The second-order valence-corrected chi connectivity index (χ2v) is 4.42. The Morgan fingerprint density at radius 3 is 2.67 bits per heavy atom. The van der Waals surface area contributed by atoms with Gasteiger partial charge in [0.2, 0.25) is 0 Å². The average Bonchev–Trinajstić information content (AvgIpc) is 2.38. The topological polar surface area (TPSA) is 26.3 Å². The summed E-state index contributed by atoms with van der Waals surface area (Å²) in [4.78, 5) is 11.8. The number of Topliss-reactive ketones (excluding diaryl/α,β-unsaturated/α-hetero) is 1. The molecule has 18 heavy (non-hydrogen) atoms. The van der Waals surface area contributed by atoms with Gasteiger partial charge >= 0.3 is 0 Å². The predicted octanol–water partition coefficient (Wildman–Crippen LogP) is 4.22. The molecule has 0 amide bonds. The van der Waals surface area contributed by atoms with E-state index in [4.69, 9.17) is 4.74 Å². The van der Waals surface area contributed by atoms with Crippen molar-refractivity contribution in [1.82, 2.24) is 0 Å². The molecule has 0 unspecified atom stereocenters. The number of ketones is 1. The van der Waals surface area contributed by atoms with Crippen molar-refractivity contribution >= 4 is 16.6 Å². The lowest BCUT2D eigenvalue weighted by Crippen LogP contribution is -2.03. The van der Waals surface area contributed by atoms with Gasteiger partial charge in [-0.2, -0.15) is 0 Å². The largest absolute Gasteiger partial charge is 0.493 e. The summed E-state index contributed by atoms with van der Waals surface area (Å²) in [7, 11) is 0. The van der Waals surface area contributed by atoms with E-state index >= 15 is 0 Å². The third-order valence-electron chi connectivity index (χ3n) is 3.00. The van der Waals surface area contributed by atoms with Crippen molar-refractivity contribution in [2.45, 2.75) is 26.7 Å². The van der Waals surface area contributed by atoms with Crippen molar-refractivity contribution in [1.29, 1.82) is 0 Å². The van der Waals surface area contributed by atoms with Crippen LogP contribution in [0.4, 0.5) is 0 Å². The number of hydrogen-bond acceptors (Lipinski definition) is 2. The number of carbonyl (C=O) groups excluding carboxylic acids is 1. The van der Waals surface area contributed by atoms with Crippen LogP contribution in [0, 0.1) is 0 Å². The van der Waals surface area contributed by atoms with Gasteiger partial charge in [-0.3, -0.25) is 4.79 Å². The maximum Gasteiger partial charge on any atom is 0.164 e. The van der Waals surface area contributed by atoms with Crippen LogP contribution in [0.3, 0.4) is 0 Å². The van der Waals surface area contributed by atoms with E-state index in [1.165, 1.54) is 0 Å². The summed E-state index contributed by atoms with van der Waals surface area (Å²) >= 11 is 0. The van der Waals surface area contributed by atoms with Gasteiger partial charge in [0.05, 0.1) is 12.2 Å². The summed E-state index contributed by atoms with van der Waals surface area (Å²) in [5.41, 5.74) is 0.698. The fourth-order valence-corrected chi connectivity index (χ4v) is 2.06. The summed E-state index contributed by atoms with van der Waals surface area (Å²) in [6.07, 6.45) is 2.09. The fourth-order valence-electron chi connectivity index (χ4n) is 2.06. The number of ether oxygens (including phenoxy) is 1. The number of fused-ring (bicyclic) bond motifs is 1. The number of hydrogen-bond donors (Lipinski definition) is 0. The van der Waals surface area contributed by atoms with E-state index in [9.17, 15) is 4.79 Å². The summed E-state index contributed by atoms with van der Waals surface area (Å²) in [6.45, 7) is 4.37. The van der Waals surface area contributed by atoms with Gasteiger partial charge in [-0.15, -0.1) is 0 Å². The van der Waals surface area contributed by atoms with Crippen LogP contribution in [0.5, 0.6) is 5.75 Å². The van der Waals surface area contributed by atoms with Gasteiger partial charge in [0.1, 0.15) is 5.75 Å². The minimum absolute atomic E-state index is 0.0540. The highest BCUT2D eigenvalue weighted by Gasteiger charge is 2.12. The van der Waals surface area contributed by atoms with Crippen LogP contribution in [0.1, 0.15) is 37.0 Å². The van der Waals surface area contributed by atoms with E-state index in [-0.39, 0.29) is 5.78 Å². The lowest BCUT2D eigenvalue weighted by atomic mass is 10.0. The minimum atomic E-state index is 0.0540. The zero-order chi connectivity index (χ0) is 13.0. The van der Waals surface area contributed by atoms with Gasteiger partial charge in [-0.1, -0.05) is 43.7 Å². The molecule has 0 saturated heterocycles. The zero-order valence-corrected chi connectivity index (χ0v) is 10.9. The van der Waals surface area contributed by atoms with Crippen molar-refractivity contribution in [3.8, 4) is 5.75 Å². The maximum atomic E-state index is 11.8. The highest BCUT2D eigenvalue weighted by atomic mass is 16.5. The minimum Gasteiger partial charge on any atom is -0.493 e. The first-order valence-corrected chi connectivity index (χ1v) is 6.39. The second-order valence-electron chi connectivity index (χ2n) is 4.42. The van der Waals surface area contributed by atoms with E-state index in [1.807, 2.05) is 36.4 Å². The molecule has 0 aromatic heterocycles. The van der Waals surface area contributed by atoms with E-state index in [1.54, 1.807) is 6.92 Å². The Balaban J connectivity index is 2.46. The van der Waals surface area contributed by atoms with Crippen molar-refractivity contribution in [3.63, 3.8) is 0 Å². The van der Waals surface area contributed by atoms with Crippen LogP contribution >= 0.6 is 0 Å². The summed E-state index contributed by atoms with van der Waals surface area (Å²) < 4.78 is 5.73. The van der Waals surface area contributed by atoms with E-state index in [2.05, 4.69) is 6.92 Å². The average molecular weight is 242 g/mol. The van der Waals surface area contributed by atoms with Crippen LogP contribution in [-0.4, -0.2) is 12.4 Å². The normalized spacial score (nSPS) is 10.6. The zero-order valence-electron chi connectivity index (χ0n) is 10.9. The molecule has 0 atom stereocenters. The van der Waals surface area contributed by atoms with Gasteiger partial charge in [0.25, 0.3) is 0 Å². The van der Waals surface area contributed by atoms with Crippen molar-refractivity contribution in [2.24, 2.45) is 0 Å². The highest BCUT2D eigenvalue weighted by molar-refractivity contribution is 6.09. The predicted molar refractivity (Wildman–Crippen MR) is 74.4 cm³/mol. The van der Waals surface area contributed by atoms with Crippen molar-refractivity contribution in [2.75, 3.05) is 6.61 Å². The lowest BCUT2D eigenvalue weighted by Gasteiger charge is -2.12. The molecule has 0 aliphatic carbocycles. The molecule has 2 aromatic carbocycles. The molecule has 0 saturated carbocycles. The molecule has 2 heteroatoms. The first kappa shape index (κ1) is 12.6. The Labute approximate surface area is 108 Å². The van der Waals surface area contributed by atoms with Crippen LogP contribution in [0.2, 0.25) is 0 Å². The summed E-state index contributed by atoms with van der Waals surface area (Å²) in [5.74, 6) is 0.757. The van der Waals surface area contributed by atoms with Crippen LogP contribution in [0.25, 0.3) is 10.8 Å². The molecule has 0 bridgehead atoms. The first-order chi connectivity index (χ1) is 8.74. The number of unbranched alkanes of at least 4 members (excludes halogenated alkanes) is 1. The molecule has 0 fully saturated rings. The van der Waals surface area contributed by atoms with Gasteiger partial charge in [0, 0.05) is 0 Å². The number of benzene rings is 2. The Morgan fingerprint density at radius 2 is 1.94 bits per heavy atom. The Bertz CT molecular complexity index is 558. The van der Waals surface area contributed by atoms with Crippen molar-refractivity contribution < 1.29 is 9.53 Å².